The van der Waals surface area contributed by atoms with E-state index in [0.717, 1.165) is 22.7 Å². The monoisotopic (exact) mass is 321 g/mol. The quantitative estimate of drug-likeness (QED) is 0.734. The first-order valence-electron chi connectivity index (χ1n) is 7.02. The van der Waals surface area contributed by atoms with E-state index in [1.165, 1.54) is 12.1 Å². The molecule has 0 unspecified atom stereocenters. The fourth-order valence-corrected chi connectivity index (χ4v) is 2.40. The number of carbonyl (C=O) groups excluding carboxylic acids is 2. The summed E-state index contributed by atoms with van der Waals surface area (Å²) in [5, 5.41) is 30.9. The number of nitrogens with zero attached hydrogens (tertiary/aromatic N) is 2. The first kappa shape index (κ1) is 15.4. The van der Waals surface area contributed by atoms with E-state index in [4.69, 9.17) is 0 Å². The van der Waals surface area contributed by atoms with E-state index in [-0.39, 0.29) is 16.8 Å². The number of fused-ring (bicyclic) bond motifs is 1. The summed E-state index contributed by atoms with van der Waals surface area (Å²) >= 11 is 0. The summed E-state index contributed by atoms with van der Waals surface area (Å²) in [6.45, 7) is 1.83. The van der Waals surface area contributed by atoms with E-state index in [0.29, 0.717) is 5.69 Å². The highest BCUT2D eigenvalue weighted by molar-refractivity contribution is 5.94. The summed E-state index contributed by atoms with van der Waals surface area (Å²) in [7, 11) is 0. The zero-order valence-electron chi connectivity index (χ0n) is 12.6. The number of aryl methyl sites for hydroxylation is 1. The zero-order chi connectivity index (χ0) is 17.3. The average molecular weight is 321 g/mol. The Morgan fingerprint density at radius 3 is 2.21 bits per heavy atom. The van der Waals surface area contributed by atoms with Crippen LogP contribution in [0.25, 0.3) is 10.9 Å². The van der Waals surface area contributed by atoms with Crippen molar-refractivity contribution in [2.75, 3.05) is 0 Å². The van der Waals surface area contributed by atoms with Gasteiger partial charge in [-0.05, 0) is 31.2 Å². The number of carboxylic acid groups (broad SMARTS) is 2. The molecule has 0 spiro atoms. The molecule has 7 nitrogen and oxygen atoms in total. The molecule has 0 fully saturated rings. The second kappa shape index (κ2) is 5.96. The second-order valence-corrected chi connectivity index (χ2v) is 5.19. The molecule has 0 atom stereocenters. The van der Waals surface area contributed by atoms with Gasteiger partial charge in [0.25, 0.3) is 0 Å². The minimum atomic E-state index is -1.50. The molecule has 1 heterocycles. The third-order valence-corrected chi connectivity index (χ3v) is 3.51. The Morgan fingerprint density at radius 2 is 1.58 bits per heavy atom. The number of nitrogens with one attached hydrogen (secondary N) is 1. The van der Waals surface area contributed by atoms with Gasteiger partial charge in [-0.1, -0.05) is 18.2 Å². The van der Waals surface area contributed by atoms with Crippen molar-refractivity contribution in [1.29, 1.82) is 0 Å². The molecule has 0 radical (unpaired) electrons. The van der Waals surface area contributed by atoms with Gasteiger partial charge in [-0.15, -0.1) is 5.11 Å². The number of carboxylic acids is 2. The van der Waals surface area contributed by atoms with Crippen molar-refractivity contribution in [3.8, 4) is 0 Å². The summed E-state index contributed by atoms with van der Waals surface area (Å²) in [5.41, 5.74) is 1.75. The summed E-state index contributed by atoms with van der Waals surface area (Å²) in [5.74, 6) is -3.00. The summed E-state index contributed by atoms with van der Waals surface area (Å²) in [4.78, 5) is 25.1. The van der Waals surface area contributed by atoms with Crippen LogP contribution >= 0.6 is 0 Å². The van der Waals surface area contributed by atoms with Gasteiger partial charge in [-0.3, -0.25) is 0 Å². The highest BCUT2D eigenvalue weighted by atomic mass is 16.4. The number of hydrogen-bond donors (Lipinski definition) is 1. The third-order valence-electron chi connectivity index (χ3n) is 3.51. The number of benzene rings is 2. The molecule has 2 aromatic carbocycles. The van der Waals surface area contributed by atoms with E-state index in [1.807, 2.05) is 31.2 Å². The van der Waals surface area contributed by atoms with Crippen LogP contribution in [0, 0.1) is 6.92 Å². The van der Waals surface area contributed by atoms with E-state index >= 15 is 0 Å². The Kier molecular flexibility index (Phi) is 3.83. The molecular formula is C17H11N3O4-2. The van der Waals surface area contributed by atoms with Crippen LogP contribution in [0.3, 0.4) is 0 Å². The molecule has 0 aliphatic rings. The van der Waals surface area contributed by atoms with Crippen LogP contribution in [-0.4, -0.2) is 16.9 Å². The van der Waals surface area contributed by atoms with Crippen LogP contribution in [0.15, 0.2) is 52.7 Å². The SMILES string of the molecule is Cc1[nH]c2ccccc2c1N=Nc1cc(C(=O)[O-])cc(C(=O)[O-])c1. The van der Waals surface area contributed by atoms with Crippen molar-refractivity contribution in [3.63, 3.8) is 0 Å². The van der Waals surface area contributed by atoms with Crippen molar-refractivity contribution in [3.05, 3.63) is 59.3 Å². The van der Waals surface area contributed by atoms with Crippen LogP contribution < -0.4 is 10.2 Å². The lowest BCUT2D eigenvalue weighted by atomic mass is 10.1. The van der Waals surface area contributed by atoms with Crippen molar-refractivity contribution >= 4 is 34.2 Å². The number of rotatable bonds is 4. The highest BCUT2D eigenvalue weighted by Crippen LogP contribution is 2.31. The Labute approximate surface area is 136 Å². The smallest absolute Gasteiger partial charge is 0.114 e. The highest BCUT2D eigenvalue weighted by Gasteiger charge is 2.07. The molecule has 0 aliphatic heterocycles. The summed E-state index contributed by atoms with van der Waals surface area (Å²) < 4.78 is 0. The third kappa shape index (κ3) is 2.87. The molecule has 0 aliphatic carbocycles. The maximum Gasteiger partial charge on any atom is 0.114 e. The maximum absolute atomic E-state index is 11.0. The van der Waals surface area contributed by atoms with E-state index in [1.54, 1.807) is 0 Å². The Bertz CT molecular complexity index is 956. The van der Waals surface area contributed by atoms with Crippen molar-refractivity contribution < 1.29 is 19.8 Å². The van der Waals surface area contributed by atoms with E-state index in [2.05, 4.69) is 15.2 Å². The first-order chi connectivity index (χ1) is 11.5. The molecule has 0 saturated carbocycles. The van der Waals surface area contributed by atoms with Gasteiger partial charge in [0.05, 0.1) is 17.6 Å². The van der Waals surface area contributed by atoms with Gasteiger partial charge in [-0.2, -0.15) is 5.11 Å². The molecule has 0 amide bonds. The largest absolute Gasteiger partial charge is 0.545 e. The Morgan fingerprint density at radius 1 is 0.958 bits per heavy atom. The standard InChI is InChI=1S/C17H13N3O4/c1-9-15(13-4-2-3-5-14(13)18-9)20-19-12-7-10(16(21)22)6-11(8-12)17(23)24/h2-8,18H,1H3,(H,21,22)(H,23,24)/p-2. The Hall–Kier alpha value is -3.48. The van der Waals surface area contributed by atoms with Crippen LogP contribution in [0.5, 0.6) is 0 Å². The molecule has 3 aromatic rings. The minimum Gasteiger partial charge on any atom is -0.545 e. The van der Waals surface area contributed by atoms with Crippen LogP contribution in [-0.2, 0) is 0 Å². The van der Waals surface area contributed by atoms with Crippen LogP contribution in [0.2, 0.25) is 0 Å². The number of carbonyl (C=O) groups is 2. The lowest BCUT2D eigenvalue weighted by Gasteiger charge is -2.08. The summed E-state index contributed by atoms with van der Waals surface area (Å²) in [6, 6.07) is 10.9. The average Bonchev–Trinajstić information content (AvgIpc) is 2.87. The van der Waals surface area contributed by atoms with Crippen LogP contribution in [0.1, 0.15) is 26.4 Å². The number of aromatic carboxylic acids is 2. The van der Waals surface area contributed by atoms with Gasteiger partial charge >= 0.3 is 0 Å². The molecular weight excluding hydrogens is 310 g/mol. The molecule has 1 N–H and O–H groups in total. The van der Waals surface area contributed by atoms with Gasteiger partial charge in [0, 0.05) is 27.7 Å². The number of aromatic nitrogens is 1. The predicted molar refractivity (Wildman–Crippen MR) is 82.3 cm³/mol. The lowest BCUT2D eigenvalue weighted by Crippen LogP contribution is -2.25. The van der Waals surface area contributed by atoms with Gasteiger partial charge in [0.2, 0.25) is 0 Å². The minimum absolute atomic E-state index is 0.0839. The van der Waals surface area contributed by atoms with Gasteiger partial charge in [0.1, 0.15) is 5.69 Å². The zero-order valence-corrected chi connectivity index (χ0v) is 12.6. The molecule has 1 aromatic heterocycles. The molecule has 7 heteroatoms. The number of H-pyrrole nitrogens is 1. The van der Waals surface area contributed by atoms with Gasteiger partial charge in [0.15, 0.2) is 0 Å². The van der Waals surface area contributed by atoms with Crippen molar-refractivity contribution in [2.24, 2.45) is 10.2 Å². The molecule has 120 valence electrons. The molecule has 3 rings (SSSR count). The normalized spacial score (nSPS) is 11.2. The van der Waals surface area contributed by atoms with E-state index < -0.39 is 11.9 Å². The number of para-hydroxylation sites is 1. The second-order valence-electron chi connectivity index (χ2n) is 5.19. The van der Waals surface area contributed by atoms with E-state index in [9.17, 15) is 19.8 Å². The number of aromatic amines is 1. The van der Waals surface area contributed by atoms with Gasteiger partial charge < -0.3 is 24.8 Å². The lowest BCUT2D eigenvalue weighted by molar-refractivity contribution is -0.255. The topological polar surface area (TPSA) is 121 Å². The van der Waals surface area contributed by atoms with Crippen molar-refractivity contribution in [2.45, 2.75) is 6.92 Å². The molecule has 24 heavy (non-hydrogen) atoms. The maximum atomic E-state index is 11.0. The van der Waals surface area contributed by atoms with Crippen LogP contribution in [0.4, 0.5) is 11.4 Å². The summed E-state index contributed by atoms with van der Waals surface area (Å²) in [6.07, 6.45) is 0. The number of azo groups is 1. The predicted octanol–water partition coefficient (Wildman–Crippen LogP) is 1.62. The fraction of sp³-hybridized carbons (Fsp3) is 0.0588. The first-order valence-corrected chi connectivity index (χ1v) is 7.02. The van der Waals surface area contributed by atoms with Gasteiger partial charge in [-0.25, -0.2) is 0 Å². The fourth-order valence-electron chi connectivity index (χ4n) is 2.40. The van der Waals surface area contributed by atoms with Crippen molar-refractivity contribution in [1.82, 2.24) is 4.98 Å². The number of hydrogen-bond acceptors (Lipinski definition) is 6. The Balaban J connectivity index is 2.06. The molecule has 0 bridgehead atoms. The molecule has 0 saturated heterocycles.